The molecule has 0 bridgehead atoms. The summed E-state index contributed by atoms with van der Waals surface area (Å²) in [5, 5.41) is 18.7. The van der Waals surface area contributed by atoms with Crippen LogP contribution in [0.15, 0.2) is 0 Å². The minimum atomic E-state index is -1.45. The third-order valence-electron chi connectivity index (χ3n) is 2.06. The SMILES string of the molecule is CC(=O)OC[C@H]1O[C@@H](O)[C@H](O)[C@@H]1OC(C)=O. The number of rotatable bonds is 3. The van der Waals surface area contributed by atoms with Crippen molar-refractivity contribution in [3.05, 3.63) is 0 Å². The maximum atomic E-state index is 10.8. The van der Waals surface area contributed by atoms with Gasteiger partial charge in [0.05, 0.1) is 0 Å². The van der Waals surface area contributed by atoms with Gasteiger partial charge in [-0.05, 0) is 0 Å². The molecule has 0 aromatic rings. The highest BCUT2D eigenvalue weighted by molar-refractivity contribution is 5.66. The molecule has 1 rings (SSSR count). The average molecular weight is 234 g/mol. The summed E-state index contributed by atoms with van der Waals surface area (Å²) in [4.78, 5) is 21.3. The van der Waals surface area contributed by atoms with Crippen LogP contribution in [0.1, 0.15) is 13.8 Å². The summed E-state index contributed by atoms with van der Waals surface area (Å²) >= 11 is 0. The van der Waals surface area contributed by atoms with Gasteiger partial charge in [0.2, 0.25) is 0 Å². The smallest absolute Gasteiger partial charge is 0.303 e. The van der Waals surface area contributed by atoms with E-state index in [2.05, 4.69) is 4.74 Å². The van der Waals surface area contributed by atoms with E-state index in [-0.39, 0.29) is 6.61 Å². The van der Waals surface area contributed by atoms with Crippen molar-refractivity contribution in [1.82, 2.24) is 0 Å². The topological polar surface area (TPSA) is 102 Å². The van der Waals surface area contributed by atoms with Crippen LogP contribution >= 0.6 is 0 Å². The lowest BCUT2D eigenvalue weighted by molar-refractivity contribution is -0.159. The van der Waals surface area contributed by atoms with Gasteiger partial charge in [0.15, 0.2) is 12.4 Å². The predicted molar refractivity (Wildman–Crippen MR) is 49.1 cm³/mol. The number of aliphatic hydroxyl groups excluding tert-OH is 2. The number of ether oxygens (including phenoxy) is 3. The molecule has 7 heteroatoms. The lowest BCUT2D eigenvalue weighted by atomic mass is 10.1. The number of hydrogen-bond donors (Lipinski definition) is 2. The van der Waals surface area contributed by atoms with Crippen LogP contribution in [0, 0.1) is 0 Å². The second-order valence-electron chi connectivity index (χ2n) is 3.43. The first-order chi connectivity index (χ1) is 7.41. The van der Waals surface area contributed by atoms with E-state index in [4.69, 9.17) is 9.47 Å². The van der Waals surface area contributed by atoms with E-state index in [1.807, 2.05) is 0 Å². The largest absolute Gasteiger partial charge is 0.463 e. The van der Waals surface area contributed by atoms with Gasteiger partial charge in [-0.3, -0.25) is 9.59 Å². The van der Waals surface area contributed by atoms with Crippen molar-refractivity contribution in [2.24, 2.45) is 0 Å². The molecule has 1 fully saturated rings. The third kappa shape index (κ3) is 3.16. The fourth-order valence-electron chi connectivity index (χ4n) is 1.39. The Morgan fingerprint density at radius 1 is 1.25 bits per heavy atom. The van der Waals surface area contributed by atoms with Crippen molar-refractivity contribution in [1.29, 1.82) is 0 Å². The van der Waals surface area contributed by atoms with Crippen LogP contribution in [0.3, 0.4) is 0 Å². The van der Waals surface area contributed by atoms with Gasteiger partial charge in [-0.2, -0.15) is 0 Å². The van der Waals surface area contributed by atoms with Crippen LogP contribution < -0.4 is 0 Å². The molecule has 7 nitrogen and oxygen atoms in total. The monoisotopic (exact) mass is 234 g/mol. The summed E-state index contributed by atoms with van der Waals surface area (Å²) in [6, 6.07) is 0. The zero-order chi connectivity index (χ0) is 12.3. The van der Waals surface area contributed by atoms with Gasteiger partial charge in [0.1, 0.15) is 18.8 Å². The molecular weight excluding hydrogens is 220 g/mol. The molecule has 4 atom stereocenters. The van der Waals surface area contributed by atoms with E-state index in [9.17, 15) is 19.8 Å². The van der Waals surface area contributed by atoms with Gasteiger partial charge in [0, 0.05) is 13.8 Å². The Labute approximate surface area is 91.9 Å². The van der Waals surface area contributed by atoms with Crippen LogP contribution in [-0.2, 0) is 23.8 Å². The zero-order valence-corrected chi connectivity index (χ0v) is 8.95. The molecule has 0 unspecified atom stereocenters. The van der Waals surface area contributed by atoms with E-state index < -0.39 is 36.5 Å². The number of esters is 2. The Kier molecular flexibility index (Phi) is 4.22. The first-order valence-corrected chi connectivity index (χ1v) is 4.74. The molecule has 0 amide bonds. The molecule has 92 valence electrons. The van der Waals surface area contributed by atoms with E-state index in [1.165, 1.54) is 13.8 Å². The number of carbonyl (C=O) groups excluding carboxylic acids is 2. The molecule has 1 saturated heterocycles. The summed E-state index contributed by atoms with van der Waals surface area (Å²) in [5.41, 5.74) is 0. The zero-order valence-electron chi connectivity index (χ0n) is 8.95. The molecule has 0 radical (unpaired) electrons. The van der Waals surface area contributed by atoms with Crippen LogP contribution in [-0.4, -0.2) is 53.4 Å². The molecule has 0 aromatic heterocycles. The molecule has 0 aliphatic carbocycles. The number of carbonyl (C=O) groups is 2. The second-order valence-corrected chi connectivity index (χ2v) is 3.43. The van der Waals surface area contributed by atoms with Gasteiger partial charge in [-0.1, -0.05) is 0 Å². The minimum absolute atomic E-state index is 0.193. The van der Waals surface area contributed by atoms with Gasteiger partial charge in [-0.25, -0.2) is 0 Å². The standard InChI is InChI=1S/C9H14O7/c1-4(10)14-3-6-8(15-5(2)11)7(12)9(13)16-6/h6-9,12-13H,3H2,1-2H3/t6-,7-,8-,9-/m1/s1. The molecule has 1 aliphatic heterocycles. The van der Waals surface area contributed by atoms with Gasteiger partial charge in [0.25, 0.3) is 0 Å². The third-order valence-corrected chi connectivity index (χ3v) is 2.06. The Bertz CT molecular complexity index is 277. The summed E-state index contributed by atoms with van der Waals surface area (Å²) in [7, 11) is 0. The van der Waals surface area contributed by atoms with Gasteiger partial charge in [-0.15, -0.1) is 0 Å². The molecule has 2 N–H and O–H groups in total. The van der Waals surface area contributed by atoms with Crippen molar-refractivity contribution in [2.45, 2.75) is 38.4 Å². The predicted octanol–water partition coefficient (Wildman–Crippen LogP) is -1.44. The quantitative estimate of drug-likeness (QED) is 0.576. The van der Waals surface area contributed by atoms with Gasteiger partial charge < -0.3 is 24.4 Å². The fraction of sp³-hybridized carbons (Fsp3) is 0.778. The molecule has 0 saturated carbocycles. The summed E-state index contributed by atoms with van der Waals surface area (Å²) in [6.45, 7) is 2.18. The molecular formula is C9H14O7. The van der Waals surface area contributed by atoms with Crippen LogP contribution in [0.4, 0.5) is 0 Å². The Morgan fingerprint density at radius 2 is 1.88 bits per heavy atom. The van der Waals surface area contributed by atoms with E-state index in [0.717, 1.165) is 0 Å². The fourth-order valence-corrected chi connectivity index (χ4v) is 1.39. The van der Waals surface area contributed by atoms with Crippen LogP contribution in [0.25, 0.3) is 0 Å². The van der Waals surface area contributed by atoms with Crippen LogP contribution in [0.2, 0.25) is 0 Å². The highest BCUT2D eigenvalue weighted by Crippen LogP contribution is 2.23. The lowest BCUT2D eigenvalue weighted by Gasteiger charge is -2.19. The molecule has 0 spiro atoms. The van der Waals surface area contributed by atoms with Gasteiger partial charge >= 0.3 is 11.9 Å². The maximum Gasteiger partial charge on any atom is 0.303 e. The Balaban J connectivity index is 2.59. The first-order valence-electron chi connectivity index (χ1n) is 4.74. The van der Waals surface area contributed by atoms with Crippen LogP contribution in [0.5, 0.6) is 0 Å². The number of hydrogen-bond acceptors (Lipinski definition) is 7. The van der Waals surface area contributed by atoms with E-state index in [0.29, 0.717) is 0 Å². The Morgan fingerprint density at radius 3 is 2.38 bits per heavy atom. The second kappa shape index (κ2) is 5.24. The number of aliphatic hydroxyl groups is 2. The lowest BCUT2D eigenvalue weighted by Crippen LogP contribution is -2.38. The highest BCUT2D eigenvalue weighted by atomic mass is 16.7. The first kappa shape index (κ1) is 12.9. The van der Waals surface area contributed by atoms with E-state index in [1.54, 1.807) is 0 Å². The van der Waals surface area contributed by atoms with Crippen molar-refractivity contribution in [3.63, 3.8) is 0 Å². The van der Waals surface area contributed by atoms with Crippen molar-refractivity contribution in [3.8, 4) is 0 Å². The normalized spacial score (nSPS) is 33.5. The molecule has 0 aromatic carbocycles. The Hall–Kier alpha value is -1.18. The highest BCUT2D eigenvalue weighted by Gasteiger charge is 2.45. The average Bonchev–Trinajstić information content (AvgIpc) is 2.42. The minimum Gasteiger partial charge on any atom is -0.463 e. The summed E-state index contributed by atoms with van der Waals surface area (Å²) in [5.74, 6) is -1.14. The van der Waals surface area contributed by atoms with E-state index >= 15 is 0 Å². The summed E-state index contributed by atoms with van der Waals surface area (Å²) in [6.07, 6.45) is -4.70. The van der Waals surface area contributed by atoms with Crippen molar-refractivity contribution < 1.29 is 34.0 Å². The maximum absolute atomic E-state index is 10.8. The molecule has 1 heterocycles. The molecule has 1 aliphatic rings. The van der Waals surface area contributed by atoms with Crippen molar-refractivity contribution in [2.75, 3.05) is 6.61 Å². The van der Waals surface area contributed by atoms with Crippen molar-refractivity contribution >= 4 is 11.9 Å². The summed E-state index contributed by atoms with van der Waals surface area (Å²) < 4.78 is 14.3. The molecule has 16 heavy (non-hydrogen) atoms.